The molecule has 0 saturated heterocycles. The number of nitrogens with zero attached hydrogens (tertiary/aromatic N) is 1. The zero-order valence-electron chi connectivity index (χ0n) is 16.4. The van der Waals surface area contributed by atoms with Crippen molar-refractivity contribution < 1.29 is 18.7 Å². The van der Waals surface area contributed by atoms with E-state index in [4.69, 9.17) is 27.9 Å². The third kappa shape index (κ3) is 6.91. The van der Waals surface area contributed by atoms with Crippen molar-refractivity contribution in [1.82, 2.24) is 10.2 Å². The summed E-state index contributed by atoms with van der Waals surface area (Å²) in [6, 6.07) is 9.61. The fourth-order valence-electron chi connectivity index (χ4n) is 2.59. The first-order chi connectivity index (χ1) is 13.7. The Morgan fingerprint density at radius 1 is 1.10 bits per heavy atom. The molecule has 1 atom stereocenters. The van der Waals surface area contributed by atoms with E-state index in [0.717, 1.165) is 0 Å². The molecule has 1 unspecified atom stereocenters. The minimum atomic E-state index is -0.751. The molecular weight excluding hydrogens is 418 g/mol. The first-order valence-corrected chi connectivity index (χ1v) is 9.85. The van der Waals surface area contributed by atoms with Crippen LogP contribution in [0, 0.1) is 5.82 Å². The molecule has 0 fully saturated rings. The second-order valence-electron chi connectivity index (χ2n) is 6.85. The molecule has 0 aliphatic rings. The average molecular weight is 441 g/mol. The van der Waals surface area contributed by atoms with Crippen LogP contribution in [0.1, 0.15) is 26.3 Å². The molecule has 0 heterocycles. The van der Waals surface area contributed by atoms with Crippen LogP contribution in [0.2, 0.25) is 10.0 Å². The van der Waals surface area contributed by atoms with Crippen LogP contribution in [-0.2, 0) is 16.1 Å². The molecule has 8 heteroatoms. The maximum atomic E-state index is 13.2. The van der Waals surface area contributed by atoms with Crippen LogP contribution in [-0.4, -0.2) is 35.4 Å². The van der Waals surface area contributed by atoms with Crippen molar-refractivity contribution in [2.24, 2.45) is 0 Å². The SMILES string of the molecule is CC(C)NC(=O)C(C)N(Cc1ccc(F)cc1)C(=O)COc1ccc(Cl)cc1Cl. The van der Waals surface area contributed by atoms with Crippen molar-refractivity contribution in [2.75, 3.05) is 6.61 Å². The summed E-state index contributed by atoms with van der Waals surface area (Å²) in [7, 11) is 0. The first-order valence-electron chi connectivity index (χ1n) is 9.09. The van der Waals surface area contributed by atoms with Crippen LogP contribution in [0.3, 0.4) is 0 Å². The first kappa shape index (κ1) is 23.0. The zero-order chi connectivity index (χ0) is 21.6. The summed E-state index contributed by atoms with van der Waals surface area (Å²) in [6.45, 7) is 5.12. The number of halogens is 3. The maximum Gasteiger partial charge on any atom is 0.261 e. The number of carbonyl (C=O) groups is 2. The molecule has 2 rings (SSSR count). The summed E-state index contributed by atoms with van der Waals surface area (Å²) in [5.74, 6) is -0.768. The standard InChI is InChI=1S/C21H23Cl2FN2O3/c1-13(2)25-21(28)14(3)26(11-15-4-7-17(24)8-5-15)20(27)12-29-19-9-6-16(22)10-18(19)23/h4-10,13-14H,11-12H2,1-3H3,(H,25,28). The fourth-order valence-corrected chi connectivity index (χ4v) is 3.05. The van der Waals surface area contributed by atoms with Gasteiger partial charge in [0.2, 0.25) is 5.91 Å². The van der Waals surface area contributed by atoms with Crippen molar-refractivity contribution in [3.05, 3.63) is 63.9 Å². The van der Waals surface area contributed by atoms with Crippen molar-refractivity contribution >= 4 is 35.0 Å². The molecule has 1 N–H and O–H groups in total. The fraction of sp³-hybridized carbons (Fsp3) is 0.333. The molecule has 2 amide bonds. The van der Waals surface area contributed by atoms with Gasteiger partial charge in [-0.15, -0.1) is 0 Å². The molecule has 0 aliphatic heterocycles. The summed E-state index contributed by atoms with van der Waals surface area (Å²) in [5.41, 5.74) is 0.688. The van der Waals surface area contributed by atoms with E-state index in [1.165, 1.54) is 23.1 Å². The van der Waals surface area contributed by atoms with Gasteiger partial charge in [0.1, 0.15) is 17.6 Å². The summed E-state index contributed by atoms with van der Waals surface area (Å²) in [6.07, 6.45) is 0. The van der Waals surface area contributed by atoms with Crippen molar-refractivity contribution in [1.29, 1.82) is 0 Å². The van der Waals surface area contributed by atoms with Gasteiger partial charge >= 0.3 is 0 Å². The molecular formula is C21H23Cl2FN2O3. The van der Waals surface area contributed by atoms with Crippen LogP contribution in [0.4, 0.5) is 4.39 Å². The van der Waals surface area contributed by atoms with E-state index in [-0.39, 0.29) is 35.9 Å². The van der Waals surface area contributed by atoms with Gasteiger partial charge < -0.3 is 15.0 Å². The molecule has 0 spiro atoms. The lowest BCUT2D eigenvalue weighted by Crippen LogP contribution is -2.50. The van der Waals surface area contributed by atoms with E-state index in [1.807, 2.05) is 13.8 Å². The number of benzene rings is 2. The van der Waals surface area contributed by atoms with Crippen LogP contribution in [0.5, 0.6) is 5.75 Å². The molecule has 0 aliphatic carbocycles. The van der Waals surface area contributed by atoms with E-state index >= 15 is 0 Å². The van der Waals surface area contributed by atoms with Gasteiger partial charge in [-0.25, -0.2) is 4.39 Å². The smallest absolute Gasteiger partial charge is 0.261 e. The normalized spacial score (nSPS) is 11.8. The van der Waals surface area contributed by atoms with E-state index in [2.05, 4.69) is 5.32 Å². The highest BCUT2D eigenvalue weighted by molar-refractivity contribution is 6.35. The van der Waals surface area contributed by atoms with E-state index in [9.17, 15) is 14.0 Å². The lowest BCUT2D eigenvalue weighted by molar-refractivity contribution is -0.142. The number of nitrogens with one attached hydrogen (secondary N) is 1. The lowest BCUT2D eigenvalue weighted by Gasteiger charge is -2.29. The number of hydrogen-bond donors (Lipinski definition) is 1. The molecule has 156 valence electrons. The predicted molar refractivity (Wildman–Crippen MR) is 112 cm³/mol. The lowest BCUT2D eigenvalue weighted by atomic mass is 10.1. The number of rotatable bonds is 8. The van der Waals surface area contributed by atoms with Crippen molar-refractivity contribution in [2.45, 2.75) is 39.4 Å². The minimum Gasteiger partial charge on any atom is -0.482 e. The largest absolute Gasteiger partial charge is 0.482 e. The second-order valence-corrected chi connectivity index (χ2v) is 7.69. The molecule has 0 saturated carbocycles. The minimum absolute atomic E-state index is 0.0724. The van der Waals surface area contributed by atoms with Crippen LogP contribution >= 0.6 is 23.2 Å². The molecule has 5 nitrogen and oxygen atoms in total. The van der Waals surface area contributed by atoms with Crippen molar-refractivity contribution in [3.63, 3.8) is 0 Å². The van der Waals surface area contributed by atoms with Crippen LogP contribution in [0.25, 0.3) is 0 Å². The number of ether oxygens (including phenoxy) is 1. The molecule has 2 aromatic rings. The van der Waals surface area contributed by atoms with Gasteiger partial charge in [0.15, 0.2) is 6.61 Å². The third-order valence-electron chi connectivity index (χ3n) is 4.11. The van der Waals surface area contributed by atoms with Gasteiger partial charge in [-0.2, -0.15) is 0 Å². The molecule has 0 bridgehead atoms. The molecule has 2 aromatic carbocycles. The molecule has 0 aromatic heterocycles. The Bertz CT molecular complexity index is 860. The van der Waals surface area contributed by atoms with Gasteiger partial charge in [0.05, 0.1) is 5.02 Å². The molecule has 29 heavy (non-hydrogen) atoms. The van der Waals surface area contributed by atoms with Gasteiger partial charge in [-0.1, -0.05) is 35.3 Å². The Morgan fingerprint density at radius 2 is 1.76 bits per heavy atom. The Balaban J connectivity index is 2.16. The average Bonchev–Trinajstić information content (AvgIpc) is 2.65. The van der Waals surface area contributed by atoms with E-state index in [1.54, 1.807) is 31.2 Å². The van der Waals surface area contributed by atoms with E-state index < -0.39 is 11.9 Å². The summed E-state index contributed by atoms with van der Waals surface area (Å²) < 4.78 is 18.7. The Labute approximate surface area is 179 Å². The monoisotopic (exact) mass is 440 g/mol. The number of hydrogen-bond acceptors (Lipinski definition) is 3. The van der Waals surface area contributed by atoms with E-state index in [0.29, 0.717) is 16.3 Å². The second kappa shape index (κ2) is 10.5. The van der Waals surface area contributed by atoms with Gasteiger partial charge in [-0.3, -0.25) is 9.59 Å². The van der Waals surface area contributed by atoms with Crippen LogP contribution in [0.15, 0.2) is 42.5 Å². The molecule has 0 radical (unpaired) electrons. The third-order valence-corrected chi connectivity index (χ3v) is 4.64. The number of carbonyl (C=O) groups excluding carboxylic acids is 2. The Kier molecular flexibility index (Phi) is 8.29. The summed E-state index contributed by atoms with van der Waals surface area (Å²) in [5, 5.41) is 3.52. The summed E-state index contributed by atoms with van der Waals surface area (Å²) in [4.78, 5) is 26.7. The van der Waals surface area contributed by atoms with Gasteiger partial charge in [0.25, 0.3) is 5.91 Å². The highest BCUT2D eigenvalue weighted by Crippen LogP contribution is 2.27. The van der Waals surface area contributed by atoms with Gasteiger partial charge in [-0.05, 0) is 56.7 Å². The Hall–Kier alpha value is -2.31. The Morgan fingerprint density at radius 3 is 2.34 bits per heavy atom. The van der Waals surface area contributed by atoms with Crippen LogP contribution < -0.4 is 10.1 Å². The highest BCUT2D eigenvalue weighted by Gasteiger charge is 2.27. The highest BCUT2D eigenvalue weighted by atomic mass is 35.5. The summed E-state index contributed by atoms with van der Waals surface area (Å²) >= 11 is 11.9. The topological polar surface area (TPSA) is 58.6 Å². The van der Waals surface area contributed by atoms with Crippen molar-refractivity contribution in [3.8, 4) is 5.75 Å². The zero-order valence-corrected chi connectivity index (χ0v) is 17.9. The maximum absolute atomic E-state index is 13.2. The van der Waals surface area contributed by atoms with Gasteiger partial charge in [0, 0.05) is 17.6 Å². The quantitative estimate of drug-likeness (QED) is 0.659. The predicted octanol–water partition coefficient (Wildman–Crippen LogP) is 4.45. The number of amides is 2.